The minimum atomic E-state index is 0.375. The minimum Gasteiger partial charge on any atom is -0.497 e. The molecule has 0 aromatic heterocycles. The van der Waals surface area contributed by atoms with Crippen molar-refractivity contribution in [2.24, 2.45) is 10.7 Å². The quantitative estimate of drug-likeness (QED) is 0.496. The molecule has 6 nitrogen and oxygen atoms in total. The average Bonchev–Trinajstić information content (AvgIpc) is 2.71. The van der Waals surface area contributed by atoms with E-state index in [9.17, 15) is 0 Å². The lowest BCUT2D eigenvalue weighted by Crippen LogP contribution is -2.27. The fourth-order valence-corrected chi connectivity index (χ4v) is 2.56. The molecule has 0 saturated heterocycles. The van der Waals surface area contributed by atoms with Crippen molar-refractivity contribution in [2.75, 3.05) is 38.7 Å². The summed E-state index contributed by atoms with van der Waals surface area (Å²) in [5.41, 5.74) is 7.90. The van der Waals surface area contributed by atoms with Gasteiger partial charge in [-0.2, -0.15) is 0 Å². The number of nitrogens with two attached hydrogens (primary N) is 1. The van der Waals surface area contributed by atoms with E-state index in [0.29, 0.717) is 19.1 Å². The Morgan fingerprint density at radius 1 is 1.00 bits per heavy atom. The summed E-state index contributed by atoms with van der Waals surface area (Å²) in [6.07, 6.45) is 0. The van der Waals surface area contributed by atoms with Crippen molar-refractivity contribution in [2.45, 2.75) is 20.4 Å². The molecule has 0 bridgehead atoms. The molecule has 0 unspecified atom stereocenters. The third-order valence-electron chi connectivity index (χ3n) is 4.29. The Labute approximate surface area is 162 Å². The summed E-state index contributed by atoms with van der Waals surface area (Å²) in [6, 6.07) is 15.5. The van der Waals surface area contributed by atoms with Crippen molar-refractivity contribution < 1.29 is 9.47 Å². The highest BCUT2D eigenvalue weighted by Gasteiger charge is 2.01. The Morgan fingerprint density at radius 2 is 1.63 bits per heavy atom. The van der Waals surface area contributed by atoms with Gasteiger partial charge < -0.3 is 25.4 Å². The molecule has 0 amide bonds. The molecule has 0 heterocycles. The number of methoxy groups -OCH3 is 1. The van der Waals surface area contributed by atoms with Crippen molar-refractivity contribution in [1.29, 1.82) is 0 Å². The second-order valence-corrected chi connectivity index (χ2v) is 6.07. The van der Waals surface area contributed by atoms with Crippen molar-refractivity contribution in [3.63, 3.8) is 0 Å². The van der Waals surface area contributed by atoms with Crippen LogP contribution in [0.25, 0.3) is 0 Å². The van der Waals surface area contributed by atoms with Gasteiger partial charge in [-0.1, -0.05) is 26.0 Å². The van der Waals surface area contributed by atoms with Crippen LogP contribution in [0, 0.1) is 0 Å². The van der Waals surface area contributed by atoms with Gasteiger partial charge in [-0.15, -0.1) is 0 Å². The molecule has 0 radical (unpaired) electrons. The second kappa shape index (κ2) is 11.1. The number of ether oxygens (including phenoxy) is 2. The van der Waals surface area contributed by atoms with Crippen LogP contribution in [0.1, 0.15) is 19.4 Å². The van der Waals surface area contributed by atoms with Gasteiger partial charge in [-0.05, 0) is 55.1 Å². The first-order valence-corrected chi connectivity index (χ1v) is 9.29. The van der Waals surface area contributed by atoms with Gasteiger partial charge in [-0.25, -0.2) is 4.99 Å². The van der Waals surface area contributed by atoms with E-state index in [-0.39, 0.29) is 0 Å². The molecule has 27 heavy (non-hydrogen) atoms. The van der Waals surface area contributed by atoms with Crippen LogP contribution < -0.4 is 20.5 Å². The number of nitrogens with one attached hydrogen (secondary N) is 1. The van der Waals surface area contributed by atoms with Crippen LogP contribution in [0.5, 0.6) is 11.5 Å². The Kier molecular flexibility index (Phi) is 8.45. The predicted molar refractivity (Wildman–Crippen MR) is 112 cm³/mol. The van der Waals surface area contributed by atoms with E-state index in [0.717, 1.165) is 42.4 Å². The molecule has 0 aliphatic heterocycles. The number of aliphatic imine (C=N–C) groups is 1. The first-order valence-electron chi connectivity index (χ1n) is 9.29. The van der Waals surface area contributed by atoms with Crippen LogP contribution >= 0.6 is 0 Å². The number of likely N-dealkylation sites (N-methyl/N-ethyl adjacent to an activating group) is 1. The second-order valence-electron chi connectivity index (χ2n) is 6.07. The lowest BCUT2D eigenvalue weighted by atomic mass is 10.2. The number of anilines is 1. The molecule has 2 aromatic carbocycles. The van der Waals surface area contributed by atoms with E-state index >= 15 is 0 Å². The van der Waals surface area contributed by atoms with Gasteiger partial charge in [0, 0.05) is 12.2 Å². The average molecular weight is 370 g/mol. The van der Waals surface area contributed by atoms with E-state index in [2.05, 4.69) is 29.1 Å². The van der Waals surface area contributed by atoms with Crippen molar-refractivity contribution in [3.05, 3.63) is 54.1 Å². The lowest BCUT2D eigenvalue weighted by molar-refractivity contribution is 0.223. The highest BCUT2D eigenvalue weighted by Crippen LogP contribution is 2.15. The van der Waals surface area contributed by atoms with Gasteiger partial charge in [0.2, 0.25) is 0 Å². The molecule has 146 valence electrons. The maximum atomic E-state index is 5.95. The van der Waals surface area contributed by atoms with Gasteiger partial charge >= 0.3 is 0 Å². The summed E-state index contributed by atoms with van der Waals surface area (Å²) in [5.74, 6) is 2.05. The highest BCUT2D eigenvalue weighted by atomic mass is 16.5. The fraction of sp³-hybridized carbons (Fsp3) is 0.381. The highest BCUT2D eigenvalue weighted by molar-refractivity contribution is 5.92. The van der Waals surface area contributed by atoms with Crippen molar-refractivity contribution in [3.8, 4) is 11.5 Å². The summed E-state index contributed by atoms with van der Waals surface area (Å²) in [6.45, 7) is 8.55. The molecule has 0 atom stereocenters. The Hall–Kier alpha value is -2.73. The Balaban J connectivity index is 1.79. The number of rotatable bonds is 10. The van der Waals surface area contributed by atoms with E-state index in [1.807, 2.05) is 48.5 Å². The van der Waals surface area contributed by atoms with E-state index in [1.165, 1.54) is 0 Å². The topological polar surface area (TPSA) is 72.1 Å². The summed E-state index contributed by atoms with van der Waals surface area (Å²) in [4.78, 5) is 6.71. The van der Waals surface area contributed by atoms with Crippen molar-refractivity contribution >= 4 is 11.6 Å². The van der Waals surface area contributed by atoms with Crippen molar-refractivity contribution in [1.82, 2.24) is 4.90 Å². The number of hydrogen-bond donors (Lipinski definition) is 2. The maximum absolute atomic E-state index is 5.95. The van der Waals surface area contributed by atoms with Crippen LogP contribution in [0.15, 0.2) is 53.5 Å². The molecule has 0 fully saturated rings. The molecular weight excluding hydrogens is 340 g/mol. The van der Waals surface area contributed by atoms with Crippen LogP contribution in [-0.4, -0.2) is 44.2 Å². The number of guanidine groups is 1. The largest absolute Gasteiger partial charge is 0.497 e. The molecule has 0 aliphatic rings. The Morgan fingerprint density at radius 3 is 2.22 bits per heavy atom. The van der Waals surface area contributed by atoms with Crippen LogP contribution in [0.4, 0.5) is 5.69 Å². The third kappa shape index (κ3) is 7.19. The third-order valence-corrected chi connectivity index (χ3v) is 4.29. The molecule has 3 N–H and O–H groups in total. The van der Waals surface area contributed by atoms with E-state index in [1.54, 1.807) is 7.11 Å². The summed E-state index contributed by atoms with van der Waals surface area (Å²) in [7, 11) is 1.64. The van der Waals surface area contributed by atoms with Crippen LogP contribution in [0.3, 0.4) is 0 Å². The normalized spacial score (nSPS) is 11.5. The van der Waals surface area contributed by atoms with Crippen LogP contribution in [0.2, 0.25) is 0 Å². The lowest BCUT2D eigenvalue weighted by Gasteiger charge is -2.18. The van der Waals surface area contributed by atoms with E-state index < -0.39 is 0 Å². The smallest absolute Gasteiger partial charge is 0.193 e. The summed E-state index contributed by atoms with van der Waals surface area (Å²) < 4.78 is 10.9. The molecule has 0 saturated carbocycles. The summed E-state index contributed by atoms with van der Waals surface area (Å²) >= 11 is 0. The fourth-order valence-electron chi connectivity index (χ4n) is 2.56. The molecule has 0 spiro atoms. The molecule has 6 heteroatoms. The zero-order valence-corrected chi connectivity index (χ0v) is 16.4. The number of nitrogens with zero attached hydrogens (tertiary/aromatic N) is 2. The van der Waals surface area contributed by atoms with Crippen LogP contribution in [-0.2, 0) is 6.54 Å². The van der Waals surface area contributed by atoms with Gasteiger partial charge in [0.25, 0.3) is 0 Å². The van der Waals surface area contributed by atoms with E-state index in [4.69, 9.17) is 15.2 Å². The molecule has 2 aromatic rings. The van der Waals surface area contributed by atoms with Gasteiger partial charge in [-0.3, -0.25) is 0 Å². The zero-order valence-electron chi connectivity index (χ0n) is 16.4. The molecule has 2 rings (SSSR count). The minimum absolute atomic E-state index is 0.375. The van der Waals surface area contributed by atoms with Gasteiger partial charge in [0.05, 0.1) is 13.7 Å². The predicted octanol–water partition coefficient (Wildman–Crippen LogP) is 3.34. The summed E-state index contributed by atoms with van der Waals surface area (Å²) in [5, 5.41) is 3.07. The first-order chi connectivity index (χ1) is 13.1. The number of hydrogen-bond acceptors (Lipinski definition) is 4. The first kappa shape index (κ1) is 20.6. The molecular formula is C21H30N4O2. The number of benzene rings is 2. The standard InChI is InChI=1S/C21H30N4O2/c1-4-25(5-2)14-15-27-20-10-6-17(7-11-20)16-23-21(22)24-18-8-12-19(26-3)13-9-18/h6-13H,4-5,14-16H2,1-3H3,(H3,22,23,24). The van der Waals surface area contributed by atoms with Gasteiger partial charge in [0.15, 0.2) is 5.96 Å². The zero-order chi connectivity index (χ0) is 19.5. The Bertz CT molecular complexity index is 695. The maximum Gasteiger partial charge on any atom is 0.193 e. The molecule has 0 aliphatic carbocycles. The van der Waals surface area contributed by atoms with Gasteiger partial charge in [0.1, 0.15) is 18.1 Å². The SMILES string of the molecule is CCN(CC)CCOc1ccc(CN=C(N)Nc2ccc(OC)cc2)cc1. The monoisotopic (exact) mass is 370 g/mol.